The maximum absolute atomic E-state index is 12.2. The van der Waals surface area contributed by atoms with Crippen LogP contribution in [0.5, 0.6) is 5.75 Å². The molecular weight excluding hydrogens is 270 g/mol. The number of aliphatic hydroxyl groups is 2. The van der Waals surface area contributed by atoms with Gasteiger partial charge in [0, 0.05) is 0 Å². The molecule has 0 aliphatic rings. The summed E-state index contributed by atoms with van der Waals surface area (Å²) in [6, 6.07) is 2.33. The van der Waals surface area contributed by atoms with Crippen LogP contribution < -0.4 is 9.46 Å². The molecule has 1 rings (SSSR count). The van der Waals surface area contributed by atoms with Crippen molar-refractivity contribution in [2.45, 2.75) is 24.8 Å². The maximum atomic E-state index is 12.2. The molecule has 108 valence electrons. The van der Waals surface area contributed by atoms with E-state index >= 15 is 0 Å². The van der Waals surface area contributed by atoms with Gasteiger partial charge < -0.3 is 14.9 Å². The molecule has 0 amide bonds. The van der Waals surface area contributed by atoms with Gasteiger partial charge in [-0.2, -0.15) is 0 Å². The first kappa shape index (κ1) is 15.9. The predicted molar refractivity (Wildman–Crippen MR) is 70.7 cm³/mol. The Bertz CT molecular complexity index is 514. The first-order valence-corrected chi connectivity index (χ1v) is 7.23. The number of sulfonamides is 1. The van der Waals surface area contributed by atoms with E-state index in [1.165, 1.54) is 7.11 Å². The van der Waals surface area contributed by atoms with E-state index < -0.39 is 29.3 Å². The number of benzene rings is 1. The molecule has 0 atom stereocenters. The molecule has 0 unspecified atom stereocenters. The van der Waals surface area contributed by atoms with Crippen LogP contribution in [0.4, 0.5) is 0 Å². The molecule has 0 aliphatic heterocycles. The average molecular weight is 289 g/mol. The minimum atomic E-state index is -3.80. The Kier molecular flexibility index (Phi) is 5.30. The second-order valence-corrected chi connectivity index (χ2v) is 5.92. The molecule has 6 nitrogen and oxygen atoms in total. The van der Waals surface area contributed by atoms with Gasteiger partial charge in [-0.05, 0) is 37.1 Å². The zero-order valence-electron chi connectivity index (χ0n) is 11.2. The van der Waals surface area contributed by atoms with Gasteiger partial charge >= 0.3 is 0 Å². The number of rotatable bonds is 6. The summed E-state index contributed by atoms with van der Waals surface area (Å²) in [5, 5.41) is 17.9. The number of nitrogens with one attached hydrogen (secondary N) is 1. The largest absolute Gasteiger partial charge is 0.497 e. The highest BCUT2D eigenvalue weighted by Gasteiger charge is 2.23. The zero-order valence-corrected chi connectivity index (χ0v) is 12.0. The minimum Gasteiger partial charge on any atom is -0.497 e. The van der Waals surface area contributed by atoms with Crippen LogP contribution in [0.2, 0.25) is 0 Å². The van der Waals surface area contributed by atoms with Crippen molar-refractivity contribution in [3.63, 3.8) is 0 Å². The Morgan fingerprint density at radius 3 is 2.05 bits per heavy atom. The zero-order chi connectivity index (χ0) is 14.6. The van der Waals surface area contributed by atoms with Gasteiger partial charge in [-0.15, -0.1) is 0 Å². The van der Waals surface area contributed by atoms with E-state index in [1.54, 1.807) is 26.0 Å². The van der Waals surface area contributed by atoms with Gasteiger partial charge in [0.15, 0.2) is 0 Å². The number of hydrogen-bond acceptors (Lipinski definition) is 5. The normalized spacial score (nSPS) is 11.9. The van der Waals surface area contributed by atoms with Crippen LogP contribution in [0.15, 0.2) is 17.0 Å². The standard InChI is InChI=1S/C12H19NO5S/c1-8-4-11(18-3)5-9(2)12(8)19(16,17)13-10(6-14)7-15/h4-5,10,13-15H,6-7H2,1-3H3. The van der Waals surface area contributed by atoms with Crippen LogP contribution in [0, 0.1) is 13.8 Å². The lowest BCUT2D eigenvalue weighted by molar-refractivity contribution is 0.185. The number of methoxy groups -OCH3 is 1. The van der Waals surface area contributed by atoms with Crippen molar-refractivity contribution in [1.82, 2.24) is 4.72 Å². The lowest BCUT2D eigenvalue weighted by atomic mass is 10.1. The van der Waals surface area contributed by atoms with E-state index in [-0.39, 0.29) is 4.90 Å². The van der Waals surface area contributed by atoms with Crippen molar-refractivity contribution in [2.75, 3.05) is 20.3 Å². The minimum absolute atomic E-state index is 0.139. The smallest absolute Gasteiger partial charge is 0.241 e. The first-order chi connectivity index (χ1) is 8.85. The van der Waals surface area contributed by atoms with Crippen LogP contribution in [-0.2, 0) is 10.0 Å². The van der Waals surface area contributed by atoms with Crippen LogP contribution >= 0.6 is 0 Å². The summed E-state index contributed by atoms with van der Waals surface area (Å²) in [7, 11) is -2.29. The summed E-state index contributed by atoms with van der Waals surface area (Å²) in [5.41, 5.74) is 1.08. The highest BCUT2D eigenvalue weighted by atomic mass is 32.2. The highest BCUT2D eigenvalue weighted by molar-refractivity contribution is 7.89. The molecule has 0 fully saturated rings. The first-order valence-electron chi connectivity index (χ1n) is 5.75. The van der Waals surface area contributed by atoms with Crippen molar-refractivity contribution < 1.29 is 23.4 Å². The van der Waals surface area contributed by atoms with Crippen LogP contribution in [-0.4, -0.2) is 45.0 Å². The lowest BCUT2D eigenvalue weighted by Gasteiger charge is -2.17. The second-order valence-electron chi connectivity index (χ2n) is 4.27. The molecule has 1 aromatic carbocycles. The molecule has 1 aromatic rings. The molecule has 0 bridgehead atoms. The molecule has 0 aromatic heterocycles. The third-order valence-corrected chi connectivity index (χ3v) is 4.53. The Labute approximate surface area is 113 Å². The summed E-state index contributed by atoms with van der Waals surface area (Å²) in [5.74, 6) is 0.579. The molecule has 0 saturated heterocycles. The Hall–Kier alpha value is -1.15. The highest BCUT2D eigenvalue weighted by Crippen LogP contribution is 2.25. The van der Waals surface area contributed by atoms with Crippen molar-refractivity contribution in [2.24, 2.45) is 0 Å². The summed E-state index contributed by atoms with van der Waals surface area (Å²) < 4.78 is 31.8. The Morgan fingerprint density at radius 2 is 1.68 bits per heavy atom. The molecule has 0 spiro atoms. The number of ether oxygens (including phenoxy) is 1. The summed E-state index contributed by atoms with van der Waals surface area (Å²) in [4.78, 5) is 0.139. The van der Waals surface area contributed by atoms with Crippen molar-refractivity contribution >= 4 is 10.0 Å². The van der Waals surface area contributed by atoms with Gasteiger partial charge in [0.25, 0.3) is 0 Å². The third kappa shape index (κ3) is 3.66. The lowest BCUT2D eigenvalue weighted by Crippen LogP contribution is -2.40. The van der Waals surface area contributed by atoms with E-state index in [0.29, 0.717) is 16.9 Å². The Morgan fingerprint density at radius 1 is 1.21 bits per heavy atom. The van der Waals surface area contributed by atoms with E-state index in [2.05, 4.69) is 4.72 Å². The molecule has 7 heteroatoms. The van der Waals surface area contributed by atoms with Crippen molar-refractivity contribution in [1.29, 1.82) is 0 Å². The van der Waals surface area contributed by atoms with E-state index in [4.69, 9.17) is 14.9 Å². The Balaban J connectivity index is 3.22. The van der Waals surface area contributed by atoms with Gasteiger partial charge in [-0.25, -0.2) is 13.1 Å². The average Bonchev–Trinajstić information content (AvgIpc) is 2.34. The number of aryl methyl sites for hydroxylation is 2. The van der Waals surface area contributed by atoms with Gasteiger partial charge in [0.2, 0.25) is 10.0 Å². The fourth-order valence-corrected chi connectivity index (χ4v) is 3.53. The second kappa shape index (κ2) is 6.33. The molecular formula is C12H19NO5S. The third-order valence-electron chi connectivity index (χ3n) is 2.70. The quantitative estimate of drug-likeness (QED) is 0.682. The van der Waals surface area contributed by atoms with Crippen LogP contribution in [0.1, 0.15) is 11.1 Å². The summed E-state index contributed by atoms with van der Waals surface area (Å²) >= 11 is 0. The van der Waals surface area contributed by atoms with Crippen LogP contribution in [0.25, 0.3) is 0 Å². The van der Waals surface area contributed by atoms with Gasteiger partial charge in [0.1, 0.15) is 5.75 Å². The van der Waals surface area contributed by atoms with Gasteiger partial charge in [-0.1, -0.05) is 0 Å². The number of hydrogen-bond donors (Lipinski definition) is 3. The van der Waals surface area contributed by atoms with Gasteiger partial charge in [0.05, 0.1) is 31.3 Å². The van der Waals surface area contributed by atoms with E-state index in [9.17, 15) is 8.42 Å². The maximum Gasteiger partial charge on any atom is 0.241 e. The van der Waals surface area contributed by atoms with Crippen molar-refractivity contribution in [3.8, 4) is 5.75 Å². The molecule has 19 heavy (non-hydrogen) atoms. The van der Waals surface area contributed by atoms with Crippen LogP contribution in [0.3, 0.4) is 0 Å². The van der Waals surface area contributed by atoms with E-state index in [1.807, 2.05) is 0 Å². The molecule has 0 saturated carbocycles. The summed E-state index contributed by atoms with van der Waals surface area (Å²) in [6.45, 7) is 2.39. The molecule has 0 radical (unpaired) electrons. The fraction of sp³-hybridized carbons (Fsp3) is 0.500. The fourth-order valence-electron chi connectivity index (χ4n) is 1.86. The van der Waals surface area contributed by atoms with Gasteiger partial charge in [-0.3, -0.25) is 0 Å². The number of aliphatic hydroxyl groups excluding tert-OH is 2. The molecule has 0 heterocycles. The topological polar surface area (TPSA) is 95.9 Å². The van der Waals surface area contributed by atoms with E-state index in [0.717, 1.165) is 0 Å². The van der Waals surface area contributed by atoms with Crippen molar-refractivity contribution in [3.05, 3.63) is 23.3 Å². The SMILES string of the molecule is COc1cc(C)c(S(=O)(=O)NC(CO)CO)c(C)c1. The summed E-state index contributed by atoms with van der Waals surface area (Å²) in [6.07, 6.45) is 0. The molecule has 3 N–H and O–H groups in total. The molecule has 0 aliphatic carbocycles. The monoisotopic (exact) mass is 289 g/mol. The predicted octanol–water partition coefficient (Wildman–Crippen LogP) is -0.0565.